The van der Waals surface area contributed by atoms with Crippen LogP contribution in [0.25, 0.3) is 0 Å². The number of carbonyl (C=O) groups is 1. The molecule has 0 bridgehead atoms. The largest absolute Gasteiger partial charge is 0.481 e. The van der Waals surface area contributed by atoms with Crippen LogP contribution in [0, 0.1) is 5.41 Å². The fourth-order valence-electron chi connectivity index (χ4n) is 2.56. The van der Waals surface area contributed by atoms with Crippen LogP contribution in [0.4, 0.5) is 0 Å². The number of hydrogen-bond donors (Lipinski definition) is 1. The molecule has 1 unspecified atom stereocenters. The van der Waals surface area contributed by atoms with Crippen molar-refractivity contribution in [2.75, 3.05) is 0 Å². The summed E-state index contributed by atoms with van der Waals surface area (Å²) in [6.45, 7) is 18.4. The van der Waals surface area contributed by atoms with Gasteiger partial charge in [0.1, 0.15) is 16.6 Å². The zero-order chi connectivity index (χ0) is 21.3. The Labute approximate surface area is 163 Å². The van der Waals surface area contributed by atoms with Crippen molar-refractivity contribution in [1.29, 1.82) is 0 Å². The molecule has 27 heavy (non-hydrogen) atoms. The molecule has 0 saturated heterocycles. The minimum Gasteiger partial charge on any atom is -0.481 e. The van der Waals surface area contributed by atoms with E-state index in [9.17, 15) is 9.90 Å². The van der Waals surface area contributed by atoms with Gasteiger partial charge in [0.05, 0.1) is 11.2 Å². The summed E-state index contributed by atoms with van der Waals surface area (Å²) in [6.07, 6.45) is 5.47. The Balaban J connectivity index is 3.13. The van der Waals surface area contributed by atoms with Crippen LogP contribution in [-0.2, 0) is 24.3 Å². The van der Waals surface area contributed by atoms with Crippen LogP contribution >= 0.6 is 0 Å². The number of rotatable bonds is 7. The summed E-state index contributed by atoms with van der Waals surface area (Å²) >= 11 is 0. The molecule has 0 aromatic heterocycles. The minimum absolute atomic E-state index is 0.208. The zero-order valence-electron chi connectivity index (χ0n) is 18.4. The zero-order valence-corrected chi connectivity index (χ0v) is 18.4. The third kappa shape index (κ3) is 6.14. The second kappa shape index (κ2) is 7.66. The number of aliphatic carboxylic acids is 1. The highest BCUT2D eigenvalue weighted by Crippen LogP contribution is 2.47. The highest BCUT2D eigenvalue weighted by Gasteiger charge is 2.54. The Morgan fingerprint density at radius 3 is 1.81 bits per heavy atom. The van der Waals surface area contributed by atoms with Crippen LogP contribution < -0.4 is 0 Å². The third-order valence-electron chi connectivity index (χ3n) is 4.38. The van der Waals surface area contributed by atoms with Crippen molar-refractivity contribution in [1.82, 2.24) is 0 Å². The monoisotopic (exact) mass is 384 g/mol. The molecule has 6 heteroatoms. The molecule has 0 aromatic carbocycles. The molecule has 1 aliphatic carbocycles. The lowest BCUT2D eigenvalue weighted by atomic mass is 9.65. The van der Waals surface area contributed by atoms with Crippen LogP contribution in [0.5, 0.6) is 0 Å². The second-order valence-electron chi connectivity index (χ2n) is 10.1. The van der Waals surface area contributed by atoms with Gasteiger partial charge in [-0.15, -0.1) is 0 Å². The molecule has 0 amide bonds. The lowest BCUT2D eigenvalue weighted by Gasteiger charge is -2.44. The summed E-state index contributed by atoms with van der Waals surface area (Å²) in [5.74, 6) is -0.987. The first-order valence-electron chi connectivity index (χ1n) is 9.28. The molecule has 0 radical (unpaired) electrons. The summed E-state index contributed by atoms with van der Waals surface area (Å²) in [5, 5.41) is 10.1. The van der Waals surface area contributed by atoms with Crippen LogP contribution in [0.1, 0.15) is 75.7 Å². The van der Waals surface area contributed by atoms with E-state index in [2.05, 4.69) is 0 Å². The normalized spacial score (nSPS) is 21.9. The molecule has 0 spiro atoms. The van der Waals surface area contributed by atoms with Gasteiger partial charge in [0.15, 0.2) is 0 Å². The van der Waals surface area contributed by atoms with Gasteiger partial charge in [-0.2, -0.15) is 0 Å². The molecule has 0 aromatic rings. The summed E-state index contributed by atoms with van der Waals surface area (Å²) < 4.78 is 0. The molecule has 0 saturated carbocycles. The minimum atomic E-state index is -1.31. The van der Waals surface area contributed by atoms with Gasteiger partial charge in [-0.25, -0.2) is 19.6 Å². The highest BCUT2D eigenvalue weighted by molar-refractivity contribution is 5.80. The Morgan fingerprint density at radius 2 is 1.37 bits per heavy atom. The SMILES string of the molecule is CC(C)(C)OOC(C)(C)C1=CC=CC(C(=O)O)(C(C)(C)OOC(C)(C)C)C1. The lowest BCUT2D eigenvalue weighted by Crippen LogP contribution is -2.53. The predicted molar refractivity (Wildman–Crippen MR) is 104 cm³/mol. The fraction of sp³-hybridized carbons (Fsp3) is 0.762. The molecule has 0 heterocycles. The van der Waals surface area contributed by atoms with Crippen LogP contribution in [0.3, 0.4) is 0 Å². The van der Waals surface area contributed by atoms with E-state index in [1.807, 2.05) is 61.5 Å². The van der Waals surface area contributed by atoms with Crippen LogP contribution in [0.2, 0.25) is 0 Å². The average Bonchev–Trinajstić information content (AvgIpc) is 2.50. The third-order valence-corrected chi connectivity index (χ3v) is 4.38. The van der Waals surface area contributed by atoms with Crippen molar-refractivity contribution in [3.05, 3.63) is 23.8 Å². The van der Waals surface area contributed by atoms with Gasteiger partial charge in [-0.1, -0.05) is 18.2 Å². The van der Waals surface area contributed by atoms with Crippen molar-refractivity contribution in [3.8, 4) is 0 Å². The van der Waals surface area contributed by atoms with E-state index < -0.39 is 33.8 Å². The molecular weight excluding hydrogens is 348 g/mol. The van der Waals surface area contributed by atoms with Gasteiger partial charge < -0.3 is 5.11 Å². The summed E-state index contributed by atoms with van der Waals surface area (Å²) in [6, 6.07) is 0. The Hall–Kier alpha value is -1.21. The van der Waals surface area contributed by atoms with E-state index >= 15 is 0 Å². The molecule has 156 valence electrons. The van der Waals surface area contributed by atoms with Gasteiger partial charge in [0.2, 0.25) is 0 Å². The van der Waals surface area contributed by atoms with Gasteiger partial charge in [0, 0.05) is 0 Å². The maximum Gasteiger partial charge on any atom is 0.316 e. The maximum absolute atomic E-state index is 12.4. The van der Waals surface area contributed by atoms with E-state index in [0.29, 0.717) is 0 Å². The van der Waals surface area contributed by atoms with E-state index in [-0.39, 0.29) is 6.42 Å². The fourth-order valence-corrected chi connectivity index (χ4v) is 2.56. The van der Waals surface area contributed by atoms with Crippen LogP contribution in [-0.4, -0.2) is 33.5 Å². The van der Waals surface area contributed by atoms with Crippen molar-refractivity contribution in [2.24, 2.45) is 5.41 Å². The van der Waals surface area contributed by atoms with Crippen molar-refractivity contribution >= 4 is 5.97 Å². The first-order chi connectivity index (χ1) is 11.9. The van der Waals surface area contributed by atoms with Crippen molar-refractivity contribution in [2.45, 2.75) is 98.1 Å². The van der Waals surface area contributed by atoms with Crippen molar-refractivity contribution in [3.63, 3.8) is 0 Å². The quantitative estimate of drug-likeness (QED) is 0.492. The maximum atomic E-state index is 12.4. The number of hydrogen-bond acceptors (Lipinski definition) is 5. The topological polar surface area (TPSA) is 74.2 Å². The summed E-state index contributed by atoms with van der Waals surface area (Å²) in [4.78, 5) is 34.6. The van der Waals surface area contributed by atoms with E-state index in [1.165, 1.54) is 0 Å². The van der Waals surface area contributed by atoms with Gasteiger partial charge >= 0.3 is 5.97 Å². The van der Waals surface area contributed by atoms with Crippen LogP contribution in [0.15, 0.2) is 23.8 Å². The Bertz CT molecular complexity index is 601. The molecule has 0 aliphatic heterocycles. The van der Waals surface area contributed by atoms with Gasteiger partial charge in [-0.05, 0) is 81.2 Å². The lowest BCUT2D eigenvalue weighted by molar-refractivity contribution is -0.411. The number of carboxylic acid groups (broad SMARTS) is 1. The highest BCUT2D eigenvalue weighted by atomic mass is 17.2. The number of carboxylic acids is 1. The van der Waals surface area contributed by atoms with E-state index in [0.717, 1.165) is 5.57 Å². The Morgan fingerprint density at radius 1 is 0.889 bits per heavy atom. The van der Waals surface area contributed by atoms with Gasteiger partial charge in [0.25, 0.3) is 0 Å². The standard InChI is InChI=1S/C21H36O6/c1-17(2,3)24-26-19(7,8)15-12-11-13-21(14-15,16(22)23)20(9,10)27-25-18(4,5)6/h11-13H,14H2,1-10H3,(H,22,23). The molecule has 1 rings (SSSR count). The second-order valence-corrected chi connectivity index (χ2v) is 10.1. The molecule has 1 atom stereocenters. The molecular formula is C21H36O6. The molecule has 0 fully saturated rings. The van der Waals surface area contributed by atoms with E-state index in [1.54, 1.807) is 26.0 Å². The first-order valence-corrected chi connectivity index (χ1v) is 9.28. The molecule has 6 nitrogen and oxygen atoms in total. The van der Waals surface area contributed by atoms with Crippen molar-refractivity contribution < 1.29 is 29.5 Å². The molecule has 1 aliphatic rings. The predicted octanol–water partition coefficient (Wildman–Crippen LogP) is 4.99. The van der Waals surface area contributed by atoms with Gasteiger partial charge in [-0.3, -0.25) is 4.79 Å². The van der Waals surface area contributed by atoms with E-state index in [4.69, 9.17) is 19.6 Å². The molecule has 1 N–H and O–H groups in total. The smallest absolute Gasteiger partial charge is 0.316 e. The summed E-state index contributed by atoms with van der Waals surface area (Å²) in [5.41, 5.74) is -3.48. The summed E-state index contributed by atoms with van der Waals surface area (Å²) in [7, 11) is 0. The average molecular weight is 385 g/mol. The Kier molecular flexibility index (Phi) is 6.76. The first kappa shape index (κ1) is 23.8. The number of allylic oxidation sites excluding steroid dienone is 2.